The fourth-order valence-electron chi connectivity index (χ4n) is 2.22. The Hall–Kier alpha value is -2.88. The number of aliphatic hydroxyl groups is 1. The van der Waals surface area contributed by atoms with Crippen LogP contribution in [-0.2, 0) is 19.1 Å². The van der Waals surface area contributed by atoms with E-state index in [1.54, 1.807) is 0 Å². The van der Waals surface area contributed by atoms with Crippen molar-refractivity contribution >= 4 is 0 Å². The van der Waals surface area contributed by atoms with Gasteiger partial charge < -0.3 is 5.11 Å². The zero-order valence-electron chi connectivity index (χ0n) is 12.8. The Morgan fingerprint density at radius 2 is 1.88 bits per heavy atom. The first-order valence-corrected chi connectivity index (χ1v) is 7.31. The van der Waals surface area contributed by atoms with Crippen LogP contribution >= 0.6 is 0 Å². The average Bonchev–Trinajstić information content (AvgIpc) is 3.04. The lowest BCUT2D eigenvalue weighted by molar-refractivity contribution is -0.137. The van der Waals surface area contributed by atoms with Gasteiger partial charge in [-0.25, -0.2) is 9.97 Å². The molecular formula is C15H13F3N6O. The van der Waals surface area contributed by atoms with Gasteiger partial charge in [-0.2, -0.15) is 18.0 Å². The second kappa shape index (κ2) is 6.93. The van der Waals surface area contributed by atoms with Crippen molar-refractivity contribution < 1.29 is 18.3 Å². The van der Waals surface area contributed by atoms with E-state index in [9.17, 15) is 13.2 Å². The molecule has 2 heterocycles. The van der Waals surface area contributed by atoms with Gasteiger partial charge in [-0.3, -0.25) is 0 Å². The molecule has 7 nitrogen and oxygen atoms in total. The summed E-state index contributed by atoms with van der Waals surface area (Å²) in [7, 11) is 0. The summed E-state index contributed by atoms with van der Waals surface area (Å²) in [5, 5.41) is 20.7. The minimum absolute atomic E-state index is 0.125. The molecule has 0 spiro atoms. The van der Waals surface area contributed by atoms with E-state index in [-0.39, 0.29) is 19.0 Å². The highest BCUT2D eigenvalue weighted by molar-refractivity contribution is 5.56. The molecule has 0 aliphatic carbocycles. The number of hydrogen-bond donors (Lipinski definition) is 1. The molecule has 25 heavy (non-hydrogen) atoms. The van der Waals surface area contributed by atoms with Gasteiger partial charge in [-0.1, -0.05) is 12.1 Å². The third-order valence-corrected chi connectivity index (χ3v) is 3.44. The third kappa shape index (κ3) is 3.97. The molecule has 3 aromatic rings. The highest BCUT2D eigenvalue weighted by Gasteiger charge is 2.29. The van der Waals surface area contributed by atoms with Crippen LogP contribution in [0.5, 0.6) is 0 Å². The van der Waals surface area contributed by atoms with Crippen molar-refractivity contribution in [2.75, 3.05) is 6.61 Å². The molecule has 0 bridgehead atoms. The van der Waals surface area contributed by atoms with Gasteiger partial charge in [-0.05, 0) is 22.9 Å². The molecule has 0 saturated heterocycles. The number of benzene rings is 1. The van der Waals surface area contributed by atoms with Crippen LogP contribution in [0.1, 0.15) is 16.8 Å². The molecule has 0 amide bonds. The number of alkyl halides is 3. The number of nitrogens with zero attached hydrogens (tertiary/aromatic N) is 6. The van der Waals surface area contributed by atoms with Crippen molar-refractivity contribution in [3.8, 4) is 11.4 Å². The van der Waals surface area contributed by atoms with Crippen LogP contribution in [0.4, 0.5) is 13.2 Å². The maximum atomic E-state index is 12.6. The lowest BCUT2D eigenvalue weighted by Crippen LogP contribution is -2.06. The lowest BCUT2D eigenvalue weighted by Gasteiger charge is -2.08. The molecule has 0 unspecified atom stereocenters. The molecular weight excluding hydrogens is 337 g/mol. The summed E-state index contributed by atoms with van der Waals surface area (Å²) in [6.45, 7) is 0.0778. The molecule has 130 valence electrons. The Morgan fingerprint density at radius 1 is 1.12 bits per heavy atom. The second-order valence-electron chi connectivity index (χ2n) is 5.19. The van der Waals surface area contributed by atoms with E-state index in [4.69, 9.17) is 5.11 Å². The molecule has 1 N–H and O–H groups in total. The first kappa shape index (κ1) is 17.0. The third-order valence-electron chi connectivity index (χ3n) is 3.44. The summed E-state index contributed by atoms with van der Waals surface area (Å²) < 4.78 is 37.9. The van der Waals surface area contributed by atoms with Gasteiger partial charge in [0.15, 0.2) is 0 Å². The average molecular weight is 350 g/mol. The Balaban J connectivity index is 1.85. The van der Waals surface area contributed by atoms with E-state index in [1.807, 2.05) is 0 Å². The fourth-order valence-corrected chi connectivity index (χ4v) is 2.22. The van der Waals surface area contributed by atoms with Gasteiger partial charge in [0.25, 0.3) is 0 Å². The van der Waals surface area contributed by atoms with Gasteiger partial charge in [0.1, 0.15) is 6.33 Å². The molecule has 0 aliphatic heterocycles. The van der Waals surface area contributed by atoms with Gasteiger partial charge >= 0.3 is 6.18 Å². The first-order valence-electron chi connectivity index (χ1n) is 7.31. The number of rotatable bonds is 5. The van der Waals surface area contributed by atoms with Crippen molar-refractivity contribution in [2.45, 2.75) is 19.1 Å². The summed E-state index contributed by atoms with van der Waals surface area (Å²) in [5.41, 5.74) is 1.06. The SMILES string of the molecule is OCCn1nnc(-c2cncnc2Cc2ccc(C(F)(F)F)cc2)n1. The molecule has 1 aromatic carbocycles. The maximum absolute atomic E-state index is 12.6. The maximum Gasteiger partial charge on any atom is 0.416 e. The molecule has 3 rings (SSSR count). The summed E-state index contributed by atoms with van der Waals surface area (Å²) in [6, 6.07) is 4.88. The predicted octanol–water partition coefficient (Wildman–Crippen LogP) is 1.73. The fraction of sp³-hybridized carbons (Fsp3) is 0.267. The Kier molecular flexibility index (Phi) is 4.70. The second-order valence-corrected chi connectivity index (χ2v) is 5.19. The van der Waals surface area contributed by atoms with Crippen molar-refractivity contribution in [2.24, 2.45) is 0 Å². The molecule has 0 fully saturated rings. The van der Waals surface area contributed by atoms with Crippen LogP contribution in [0.15, 0.2) is 36.8 Å². The number of hydrogen-bond acceptors (Lipinski definition) is 6. The van der Waals surface area contributed by atoms with Crippen LogP contribution in [0.25, 0.3) is 11.4 Å². The summed E-state index contributed by atoms with van der Waals surface area (Å²) in [4.78, 5) is 9.36. The van der Waals surface area contributed by atoms with E-state index >= 15 is 0 Å². The van der Waals surface area contributed by atoms with E-state index in [0.717, 1.165) is 12.1 Å². The molecule has 0 aliphatic rings. The van der Waals surface area contributed by atoms with Crippen LogP contribution < -0.4 is 0 Å². The van der Waals surface area contributed by atoms with E-state index in [0.29, 0.717) is 23.2 Å². The Labute approximate surface area is 140 Å². The minimum atomic E-state index is -4.37. The van der Waals surface area contributed by atoms with Gasteiger partial charge in [-0.15, -0.1) is 10.2 Å². The van der Waals surface area contributed by atoms with Gasteiger partial charge in [0.05, 0.1) is 30.0 Å². The Morgan fingerprint density at radius 3 is 2.56 bits per heavy atom. The zero-order valence-corrected chi connectivity index (χ0v) is 12.8. The molecule has 0 atom stereocenters. The first-order chi connectivity index (χ1) is 12.0. The number of aliphatic hydroxyl groups excluding tert-OH is 1. The highest BCUT2D eigenvalue weighted by Crippen LogP contribution is 2.29. The van der Waals surface area contributed by atoms with Crippen LogP contribution in [0, 0.1) is 0 Å². The quantitative estimate of drug-likeness (QED) is 0.754. The van der Waals surface area contributed by atoms with Crippen LogP contribution in [0.2, 0.25) is 0 Å². The Bertz CT molecular complexity index is 847. The van der Waals surface area contributed by atoms with E-state index in [2.05, 4.69) is 25.4 Å². The van der Waals surface area contributed by atoms with Crippen molar-refractivity contribution in [3.05, 3.63) is 53.6 Å². The van der Waals surface area contributed by atoms with E-state index in [1.165, 1.54) is 29.5 Å². The normalized spacial score (nSPS) is 11.7. The van der Waals surface area contributed by atoms with E-state index < -0.39 is 11.7 Å². The van der Waals surface area contributed by atoms with Crippen LogP contribution in [0.3, 0.4) is 0 Å². The highest BCUT2D eigenvalue weighted by atomic mass is 19.4. The molecule has 0 radical (unpaired) electrons. The number of tetrazole rings is 1. The zero-order chi connectivity index (χ0) is 17.9. The van der Waals surface area contributed by atoms with Gasteiger partial charge in [0.2, 0.25) is 5.82 Å². The molecule has 10 heteroatoms. The monoisotopic (exact) mass is 350 g/mol. The standard InChI is InChI=1S/C15H13F3N6O/c16-15(17,18)11-3-1-10(2-4-11)7-13-12(8-19-9-20-13)14-21-23-24(22-14)5-6-25/h1-4,8-9,25H,5-7H2. The van der Waals surface area contributed by atoms with Crippen molar-refractivity contribution in [1.29, 1.82) is 0 Å². The lowest BCUT2D eigenvalue weighted by atomic mass is 10.0. The summed E-state index contributed by atoms with van der Waals surface area (Å²) >= 11 is 0. The molecule has 2 aromatic heterocycles. The number of aromatic nitrogens is 6. The number of halogens is 3. The summed E-state index contributed by atoms with van der Waals surface area (Å²) in [5.74, 6) is 0.288. The van der Waals surface area contributed by atoms with Gasteiger partial charge in [0, 0.05) is 12.6 Å². The topological polar surface area (TPSA) is 89.6 Å². The van der Waals surface area contributed by atoms with Crippen LogP contribution in [-0.4, -0.2) is 41.9 Å². The largest absolute Gasteiger partial charge is 0.416 e. The molecule has 0 saturated carbocycles. The minimum Gasteiger partial charge on any atom is -0.394 e. The summed E-state index contributed by atoms with van der Waals surface area (Å²) in [6.07, 6.45) is -1.20. The van der Waals surface area contributed by atoms with Crippen molar-refractivity contribution in [1.82, 2.24) is 30.2 Å². The van der Waals surface area contributed by atoms with Crippen molar-refractivity contribution in [3.63, 3.8) is 0 Å². The smallest absolute Gasteiger partial charge is 0.394 e. The predicted molar refractivity (Wildman–Crippen MR) is 80.2 cm³/mol.